The Morgan fingerprint density at radius 1 is 1.29 bits per heavy atom. The molecule has 1 fully saturated rings. The number of aliphatic hydroxyl groups excluding tert-OH is 1. The number of hydrogen-bond acceptors (Lipinski definition) is 5. The normalized spacial score (nSPS) is 23.7. The van der Waals surface area contributed by atoms with Gasteiger partial charge in [-0.3, -0.25) is 0 Å². The Bertz CT molecular complexity index is 597. The fourth-order valence-corrected chi connectivity index (χ4v) is 2.99. The van der Waals surface area contributed by atoms with Gasteiger partial charge in [0.1, 0.15) is 6.33 Å². The lowest BCUT2D eigenvalue weighted by atomic mass is 9.94. The van der Waals surface area contributed by atoms with Crippen LogP contribution in [0.15, 0.2) is 12.4 Å². The van der Waals surface area contributed by atoms with Gasteiger partial charge in [0.05, 0.1) is 23.5 Å². The van der Waals surface area contributed by atoms with Crippen molar-refractivity contribution in [3.63, 3.8) is 0 Å². The Morgan fingerprint density at radius 3 is 2.90 bits per heavy atom. The van der Waals surface area contributed by atoms with Crippen molar-refractivity contribution in [1.29, 1.82) is 0 Å². The molecule has 0 saturated heterocycles. The summed E-state index contributed by atoms with van der Waals surface area (Å²) in [6.07, 6.45) is 8.78. The smallest absolute Gasteiger partial charge is 0.200 e. The minimum Gasteiger partial charge on any atom is -0.391 e. The highest BCUT2D eigenvalue weighted by Crippen LogP contribution is 2.23. The molecule has 6 nitrogen and oxygen atoms in total. The third-order valence-electron chi connectivity index (χ3n) is 4.25. The van der Waals surface area contributed by atoms with E-state index < -0.39 is 0 Å². The molecular weight excluding hydrogens is 266 g/mol. The van der Waals surface area contributed by atoms with Crippen molar-refractivity contribution in [2.45, 2.75) is 64.0 Å². The fourth-order valence-electron chi connectivity index (χ4n) is 2.99. The lowest BCUT2D eigenvalue weighted by molar-refractivity contribution is 0.128. The molecule has 6 heteroatoms. The molecule has 0 radical (unpaired) electrons. The Kier molecular flexibility index (Phi) is 4.34. The van der Waals surface area contributed by atoms with Gasteiger partial charge in [-0.15, -0.1) is 10.2 Å². The molecule has 1 saturated carbocycles. The van der Waals surface area contributed by atoms with Gasteiger partial charge in [-0.05, 0) is 25.3 Å². The molecule has 21 heavy (non-hydrogen) atoms. The number of aromatic nitrogens is 4. The summed E-state index contributed by atoms with van der Waals surface area (Å²) in [4.78, 5) is 0. The summed E-state index contributed by atoms with van der Waals surface area (Å²) in [5.74, 6) is 0. The summed E-state index contributed by atoms with van der Waals surface area (Å²) in [6.45, 7) is 2.08. The summed E-state index contributed by atoms with van der Waals surface area (Å²) < 4.78 is 1.70. The zero-order valence-corrected chi connectivity index (χ0v) is 12.5. The average Bonchev–Trinajstić information content (AvgIpc) is 2.95. The van der Waals surface area contributed by atoms with E-state index in [0.717, 1.165) is 49.1 Å². The number of aliphatic hydroxyl groups is 1. The molecule has 0 bridgehead atoms. The SMILES string of the molecule is CCc1cc(N[C@H]2CCCCCC[C@@H]2O)c2nncn2n1. The van der Waals surface area contributed by atoms with Crippen molar-refractivity contribution < 1.29 is 5.11 Å². The molecule has 2 N–H and O–H groups in total. The predicted molar refractivity (Wildman–Crippen MR) is 81.3 cm³/mol. The zero-order valence-electron chi connectivity index (χ0n) is 12.5. The highest BCUT2D eigenvalue weighted by Gasteiger charge is 2.22. The number of rotatable bonds is 3. The number of fused-ring (bicyclic) bond motifs is 1. The summed E-state index contributed by atoms with van der Waals surface area (Å²) >= 11 is 0. The Morgan fingerprint density at radius 2 is 2.10 bits per heavy atom. The zero-order chi connectivity index (χ0) is 14.7. The second-order valence-electron chi connectivity index (χ2n) is 5.81. The van der Waals surface area contributed by atoms with Gasteiger partial charge in [-0.2, -0.15) is 9.61 Å². The van der Waals surface area contributed by atoms with Crippen LogP contribution in [-0.4, -0.2) is 37.1 Å². The summed E-state index contributed by atoms with van der Waals surface area (Å²) in [7, 11) is 0. The number of hydrogen-bond donors (Lipinski definition) is 2. The van der Waals surface area contributed by atoms with Gasteiger partial charge < -0.3 is 10.4 Å². The second-order valence-corrected chi connectivity index (χ2v) is 5.81. The van der Waals surface area contributed by atoms with Gasteiger partial charge in [0.2, 0.25) is 5.65 Å². The van der Waals surface area contributed by atoms with Crippen LogP contribution in [0.1, 0.15) is 51.1 Å². The molecular formula is C15H23N5O. The van der Waals surface area contributed by atoms with E-state index in [4.69, 9.17) is 0 Å². The second kappa shape index (κ2) is 6.39. The molecule has 0 aliphatic heterocycles. The van der Waals surface area contributed by atoms with E-state index >= 15 is 0 Å². The van der Waals surface area contributed by atoms with E-state index in [1.165, 1.54) is 12.8 Å². The maximum absolute atomic E-state index is 10.4. The molecule has 3 rings (SSSR count). The molecule has 114 valence electrons. The summed E-state index contributed by atoms with van der Waals surface area (Å²) in [6, 6.07) is 2.10. The number of nitrogens with one attached hydrogen (secondary N) is 1. The molecule has 0 amide bonds. The van der Waals surface area contributed by atoms with Crippen LogP contribution in [0.25, 0.3) is 5.65 Å². The van der Waals surface area contributed by atoms with Crippen LogP contribution in [0.2, 0.25) is 0 Å². The first-order chi connectivity index (χ1) is 10.3. The van der Waals surface area contributed by atoms with Gasteiger partial charge in [-0.25, -0.2) is 0 Å². The molecule has 1 aliphatic carbocycles. The lowest BCUT2D eigenvalue weighted by Gasteiger charge is -2.27. The van der Waals surface area contributed by atoms with E-state index in [9.17, 15) is 5.11 Å². The Labute approximate surface area is 124 Å². The number of aryl methyl sites for hydroxylation is 1. The van der Waals surface area contributed by atoms with Crippen molar-refractivity contribution >= 4 is 11.3 Å². The summed E-state index contributed by atoms with van der Waals surface area (Å²) in [5, 5.41) is 26.4. The summed E-state index contributed by atoms with van der Waals surface area (Å²) in [5.41, 5.74) is 2.63. The topological polar surface area (TPSA) is 75.3 Å². The van der Waals surface area contributed by atoms with Crippen LogP contribution in [-0.2, 0) is 6.42 Å². The quantitative estimate of drug-likeness (QED) is 0.906. The van der Waals surface area contributed by atoms with E-state index in [1.54, 1.807) is 10.8 Å². The molecule has 2 aromatic heterocycles. The number of nitrogens with zero attached hydrogens (tertiary/aromatic N) is 4. The third kappa shape index (κ3) is 3.15. The average molecular weight is 289 g/mol. The fraction of sp³-hybridized carbons (Fsp3) is 0.667. The first kappa shape index (κ1) is 14.3. The van der Waals surface area contributed by atoms with Crippen LogP contribution >= 0.6 is 0 Å². The van der Waals surface area contributed by atoms with Gasteiger partial charge >= 0.3 is 0 Å². The minimum atomic E-state index is -0.300. The largest absolute Gasteiger partial charge is 0.391 e. The molecule has 0 aromatic carbocycles. The van der Waals surface area contributed by atoms with Crippen LogP contribution < -0.4 is 5.32 Å². The van der Waals surface area contributed by atoms with Crippen LogP contribution in [0.4, 0.5) is 5.69 Å². The Balaban J connectivity index is 1.86. The highest BCUT2D eigenvalue weighted by atomic mass is 16.3. The first-order valence-electron chi connectivity index (χ1n) is 7.92. The standard InChI is InChI=1S/C15H23N5O/c1-2-11-9-13(15-18-16-10-20(15)19-11)17-12-7-5-3-4-6-8-14(12)21/h9-10,12,14,17,21H,2-8H2,1H3/t12-,14-/m0/s1. The van der Waals surface area contributed by atoms with E-state index in [0.29, 0.717) is 0 Å². The van der Waals surface area contributed by atoms with E-state index in [-0.39, 0.29) is 12.1 Å². The third-order valence-corrected chi connectivity index (χ3v) is 4.25. The van der Waals surface area contributed by atoms with Gasteiger partial charge in [-0.1, -0.05) is 32.6 Å². The predicted octanol–water partition coefficient (Wildman–Crippen LogP) is 2.18. The molecule has 0 spiro atoms. The van der Waals surface area contributed by atoms with Crippen LogP contribution in [0.3, 0.4) is 0 Å². The van der Waals surface area contributed by atoms with Gasteiger partial charge in [0.15, 0.2) is 0 Å². The molecule has 2 aromatic rings. The van der Waals surface area contributed by atoms with Crippen LogP contribution in [0.5, 0.6) is 0 Å². The Hall–Kier alpha value is -1.69. The maximum atomic E-state index is 10.4. The van der Waals surface area contributed by atoms with Gasteiger partial charge in [0, 0.05) is 0 Å². The minimum absolute atomic E-state index is 0.0814. The molecule has 0 unspecified atom stereocenters. The maximum Gasteiger partial charge on any atom is 0.200 e. The monoisotopic (exact) mass is 289 g/mol. The van der Waals surface area contributed by atoms with Crippen LogP contribution in [0, 0.1) is 0 Å². The lowest BCUT2D eigenvalue weighted by Crippen LogP contribution is -2.34. The molecule has 2 heterocycles. The molecule has 1 aliphatic rings. The van der Waals surface area contributed by atoms with Crippen molar-refractivity contribution in [3.05, 3.63) is 18.1 Å². The van der Waals surface area contributed by atoms with E-state index in [1.807, 2.05) is 6.07 Å². The highest BCUT2D eigenvalue weighted by molar-refractivity contribution is 5.67. The first-order valence-corrected chi connectivity index (χ1v) is 7.92. The van der Waals surface area contributed by atoms with Crippen molar-refractivity contribution in [3.8, 4) is 0 Å². The van der Waals surface area contributed by atoms with E-state index in [2.05, 4.69) is 27.5 Å². The van der Waals surface area contributed by atoms with Gasteiger partial charge in [0.25, 0.3) is 0 Å². The van der Waals surface area contributed by atoms with Crippen molar-refractivity contribution in [2.24, 2.45) is 0 Å². The number of anilines is 1. The van der Waals surface area contributed by atoms with Crippen molar-refractivity contribution in [2.75, 3.05) is 5.32 Å². The van der Waals surface area contributed by atoms with Crippen molar-refractivity contribution in [1.82, 2.24) is 19.8 Å². The molecule has 2 atom stereocenters.